The molecule has 1 atom stereocenters. The lowest BCUT2D eigenvalue weighted by Gasteiger charge is -2.26. The number of hydrogen-bond acceptors (Lipinski definition) is 2. The predicted octanol–water partition coefficient (Wildman–Crippen LogP) is 1.61. The predicted molar refractivity (Wildman–Crippen MR) is 65.5 cm³/mol. The molecule has 0 aliphatic heterocycles. The molecule has 0 aromatic heterocycles. The van der Waals surface area contributed by atoms with Crippen molar-refractivity contribution in [3.63, 3.8) is 0 Å². The van der Waals surface area contributed by atoms with Crippen LogP contribution in [0.1, 0.15) is 40.0 Å². The van der Waals surface area contributed by atoms with Crippen LogP contribution in [0.25, 0.3) is 0 Å². The summed E-state index contributed by atoms with van der Waals surface area (Å²) in [6, 6.07) is 0. The molecule has 3 N–H and O–H groups in total. The van der Waals surface area contributed by atoms with E-state index in [1.54, 1.807) is 6.92 Å². The first-order valence-corrected chi connectivity index (χ1v) is 5.83. The summed E-state index contributed by atoms with van der Waals surface area (Å²) in [5, 5.41) is 2.95. The van der Waals surface area contributed by atoms with Crippen molar-refractivity contribution in [2.45, 2.75) is 40.0 Å². The molecule has 4 heteroatoms. The Morgan fingerprint density at radius 3 is 2.47 bits per heavy atom. The summed E-state index contributed by atoms with van der Waals surface area (Å²) >= 11 is 4.95. The highest BCUT2D eigenvalue weighted by Crippen LogP contribution is 2.44. The number of thiocarbonyl (C=S) groups is 1. The van der Waals surface area contributed by atoms with Gasteiger partial charge in [0.1, 0.15) is 0 Å². The third-order valence-corrected chi connectivity index (χ3v) is 3.98. The van der Waals surface area contributed by atoms with E-state index in [1.807, 2.05) is 6.92 Å². The van der Waals surface area contributed by atoms with E-state index in [2.05, 4.69) is 12.2 Å². The van der Waals surface area contributed by atoms with Crippen molar-refractivity contribution >= 4 is 23.1 Å². The van der Waals surface area contributed by atoms with Crippen molar-refractivity contribution in [1.29, 1.82) is 0 Å². The maximum Gasteiger partial charge on any atom is 0.232 e. The lowest BCUT2D eigenvalue weighted by atomic mass is 9.86. The molecule has 3 nitrogen and oxygen atoms in total. The molecule has 1 rings (SSSR count). The van der Waals surface area contributed by atoms with E-state index in [0.717, 1.165) is 6.54 Å². The minimum absolute atomic E-state index is 0.0365. The maximum absolute atomic E-state index is 11.9. The fourth-order valence-corrected chi connectivity index (χ4v) is 1.56. The van der Waals surface area contributed by atoms with Gasteiger partial charge in [-0.05, 0) is 31.6 Å². The molecule has 1 fully saturated rings. The van der Waals surface area contributed by atoms with Crippen LogP contribution >= 0.6 is 12.2 Å². The van der Waals surface area contributed by atoms with Crippen LogP contribution in [0.15, 0.2) is 0 Å². The van der Waals surface area contributed by atoms with E-state index in [9.17, 15) is 4.79 Å². The van der Waals surface area contributed by atoms with Crippen LogP contribution in [-0.2, 0) is 4.79 Å². The van der Waals surface area contributed by atoms with Gasteiger partial charge in [-0.15, -0.1) is 0 Å². The SMILES string of the molecule is CCC(C)(C(=O)NCC1(C)CC1)C(N)=S. The van der Waals surface area contributed by atoms with E-state index < -0.39 is 5.41 Å². The third-order valence-electron chi connectivity index (χ3n) is 3.53. The molecular weight excluding hydrogens is 208 g/mol. The molecule has 0 bridgehead atoms. The van der Waals surface area contributed by atoms with Crippen molar-refractivity contribution in [2.24, 2.45) is 16.6 Å². The van der Waals surface area contributed by atoms with Gasteiger partial charge in [-0.3, -0.25) is 4.79 Å². The second-order valence-corrected chi connectivity index (χ2v) is 5.48. The monoisotopic (exact) mass is 228 g/mol. The first-order valence-electron chi connectivity index (χ1n) is 5.42. The molecule has 0 heterocycles. The Morgan fingerprint density at radius 2 is 2.13 bits per heavy atom. The summed E-state index contributed by atoms with van der Waals surface area (Å²) in [5.41, 5.74) is 5.23. The molecule has 15 heavy (non-hydrogen) atoms. The van der Waals surface area contributed by atoms with Gasteiger partial charge in [0.05, 0.1) is 10.4 Å². The Kier molecular flexibility index (Phi) is 3.38. The molecule has 0 aromatic rings. The zero-order chi connectivity index (χ0) is 11.7. The minimum atomic E-state index is -0.694. The molecule has 1 saturated carbocycles. The van der Waals surface area contributed by atoms with Crippen molar-refractivity contribution in [3.05, 3.63) is 0 Å². The average Bonchev–Trinajstić information content (AvgIpc) is 2.92. The largest absolute Gasteiger partial charge is 0.392 e. The molecule has 86 valence electrons. The summed E-state index contributed by atoms with van der Waals surface area (Å²) in [4.78, 5) is 12.2. The Bertz CT molecular complexity index is 286. The number of nitrogens with one attached hydrogen (secondary N) is 1. The topological polar surface area (TPSA) is 55.1 Å². The quantitative estimate of drug-likeness (QED) is 0.703. The molecule has 1 amide bonds. The zero-order valence-corrected chi connectivity index (χ0v) is 10.5. The third kappa shape index (κ3) is 2.68. The zero-order valence-electron chi connectivity index (χ0n) is 9.72. The Balaban J connectivity index is 2.53. The summed E-state index contributed by atoms with van der Waals surface area (Å²) < 4.78 is 0. The molecule has 0 radical (unpaired) electrons. The van der Waals surface area contributed by atoms with Crippen LogP contribution in [0.5, 0.6) is 0 Å². The number of hydrogen-bond donors (Lipinski definition) is 2. The van der Waals surface area contributed by atoms with Gasteiger partial charge < -0.3 is 11.1 Å². The van der Waals surface area contributed by atoms with Crippen LogP contribution in [0.3, 0.4) is 0 Å². The minimum Gasteiger partial charge on any atom is -0.392 e. The molecule has 1 aliphatic carbocycles. The lowest BCUT2D eigenvalue weighted by molar-refractivity contribution is -0.127. The smallest absolute Gasteiger partial charge is 0.232 e. The van der Waals surface area contributed by atoms with Crippen LogP contribution in [0.4, 0.5) is 0 Å². The van der Waals surface area contributed by atoms with E-state index >= 15 is 0 Å². The van der Waals surface area contributed by atoms with Gasteiger partial charge in [-0.25, -0.2) is 0 Å². The van der Waals surface area contributed by atoms with Crippen molar-refractivity contribution in [1.82, 2.24) is 5.32 Å². The van der Waals surface area contributed by atoms with Gasteiger partial charge in [-0.2, -0.15) is 0 Å². The van der Waals surface area contributed by atoms with Gasteiger partial charge in [0.25, 0.3) is 0 Å². The van der Waals surface area contributed by atoms with Crippen LogP contribution in [0, 0.1) is 10.8 Å². The molecular formula is C11H20N2OS. The Labute approximate surface area is 96.8 Å². The number of carbonyl (C=O) groups excluding carboxylic acids is 1. The Morgan fingerprint density at radius 1 is 1.60 bits per heavy atom. The first-order chi connectivity index (χ1) is 6.84. The molecule has 1 aliphatic rings. The fraction of sp³-hybridized carbons (Fsp3) is 0.818. The first kappa shape index (κ1) is 12.4. The summed E-state index contributed by atoms with van der Waals surface area (Å²) in [6.45, 7) is 6.65. The van der Waals surface area contributed by atoms with E-state index in [-0.39, 0.29) is 10.9 Å². The second kappa shape index (κ2) is 4.08. The lowest BCUT2D eigenvalue weighted by Crippen LogP contribution is -2.47. The highest BCUT2D eigenvalue weighted by molar-refractivity contribution is 7.80. The summed E-state index contributed by atoms with van der Waals surface area (Å²) in [7, 11) is 0. The van der Waals surface area contributed by atoms with Gasteiger partial charge >= 0.3 is 0 Å². The molecule has 0 saturated heterocycles. The Hall–Kier alpha value is -0.640. The fourth-order valence-electron chi connectivity index (χ4n) is 1.33. The van der Waals surface area contributed by atoms with Gasteiger partial charge in [0.2, 0.25) is 5.91 Å². The maximum atomic E-state index is 11.9. The van der Waals surface area contributed by atoms with Gasteiger partial charge in [0.15, 0.2) is 0 Å². The van der Waals surface area contributed by atoms with Crippen LogP contribution in [0.2, 0.25) is 0 Å². The van der Waals surface area contributed by atoms with E-state index in [1.165, 1.54) is 12.8 Å². The van der Waals surface area contributed by atoms with Gasteiger partial charge in [-0.1, -0.05) is 26.1 Å². The molecule has 0 spiro atoms. The number of nitrogens with two attached hydrogens (primary N) is 1. The second-order valence-electron chi connectivity index (χ2n) is 5.04. The van der Waals surface area contributed by atoms with Crippen molar-refractivity contribution in [2.75, 3.05) is 6.54 Å². The van der Waals surface area contributed by atoms with E-state index in [0.29, 0.717) is 11.8 Å². The highest BCUT2D eigenvalue weighted by Gasteiger charge is 2.40. The van der Waals surface area contributed by atoms with Crippen LogP contribution < -0.4 is 11.1 Å². The normalized spacial score (nSPS) is 21.5. The van der Waals surface area contributed by atoms with Crippen LogP contribution in [-0.4, -0.2) is 17.4 Å². The molecule has 0 aromatic carbocycles. The standard InChI is InChI=1S/C11H20N2OS/c1-4-11(3,8(12)15)9(14)13-7-10(2)5-6-10/h4-7H2,1-3H3,(H2,12,15)(H,13,14). The summed E-state index contributed by atoms with van der Waals surface area (Å²) in [5.74, 6) is -0.0365. The summed E-state index contributed by atoms with van der Waals surface area (Å²) in [6.07, 6.45) is 3.04. The van der Waals surface area contributed by atoms with Gasteiger partial charge in [0, 0.05) is 6.54 Å². The van der Waals surface area contributed by atoms with Crippen molar-refractivity contribution in [3.8, 4) is 0 Å². The number of rotatable bonds is 5. The highest BCUT2D eigenvalue weighted by atomic mass is 32.1. The average molecular weight is 228 g/mol. The molecule has 1 unspecified atom stereocenters. The van der Waals surface area contributed by atoms with Crippen molar-refractivity contribution < 1.29 is 4.79 Å². The van der Waals surface area contributed by atoms with E-state index in [4.69, 9.17) is 18.0 Å². The number of amides is 1. The number of carbonyl (C=O) groups is 1.